The number of para-hydroxylation sites is 1. The van der Waals surface area contributed by atoms with E-state index in [0.29, 0.717) is 45.6 Å². The molecule has 2 fully saturated rings. The maximum Gasteiger partial charge on any atom is 0.122 e. The van der Waals surface area contributed by atoms with Crippen molar-refractivity contribution in [3.8, 4) is 5.75 Å². The van der Waals surface area contributed by atoms with Crippen molar-refractivity contribution >= 4 is 0 Å². The summed E-state index contributed by atoms with van der Waals surface area (Å²) < 4.78 is 11.1. The van der Waals surface area contributed by atoms with Crippen LogP contribution in [0.25, 0.3) is 0 Å². The molecular formula is C18H27NO4. The van der Waals surface area contributed by atoms with Crippen LogP contribution in [0, 0.1) is 6.92 Å². The van der Waals surface area contributed by atoms with Crippen LogP contribution in [0.3, 0.4) is 0 Å². The number of hydrogen-bond acceptors (Lipinski definition) is 5. The molecule has 0 aromatic heterocycles. The molecule has 1 aromatic rings. The van der Waals surface area contributed by atoms with E-state index in [1.54, 1.807) is 0 Å². The van der Waals surface area contributed by atoms with E-state index in [9.17, 15) is 10.2 Å². The first-order chi connectivity index (χ1) is 11.0. The quantitative estimate of drug-likeness (QED) is 0.857. The number of β-amino-alcohol motifs (C(OH)–C–C–N with tert-alkyl or cyclic N) is 2. The second-order valence-electron chi connectivity index (χ2n) is 7.08. The van der Waals surface area contributed by atoms with Gasteiger partial charge in [-0.3, -0.25) is 4.90 Å². The normalized spacial score (nSPS) is 28.0. The van der Waals surface area contributed by atoms with Crippen molar-refractivity contribution in [1.29, 1.82) is 0 Å². The lowest BCUT2D eigenvalue weighted by Gasteiger charge is -2.35. The van der Waals surface area contributed by atoms with Gasteiger partial charge in [0.15, 0.2) is 0 Å². The van der Waals surface area contributed by atoms with E-state index in [1.807, 2.05) is 31.2 Å². The Morgan fingerprint density at radius 1 is 1.13 bits per heavy atom. The molecule has 0 bridgehead atoms. The van der Waals surface area contributed by atoms with Crippen LogP contribution >= 0.6 is 0 Å². The highest BCUT2D eigenvalue weighted by molar-refractivity contribution is 5.31. The third-order valence-corrected chi connectivity index (χ3v) is 4.94. The molecule has 2 heterocycles. The lowest BCUT2D eigenvalue weighted by molar-refractivity contribution is -0.0809. The minimum atomic E-state index is -0.843. The average molecular weight is 321 g/mol. The van der Waals surface area contributed by atoms with Crippen LogP contribution in [0.1, 0.15) is 24.8 Å². The lowest BCUT2D eigenvalue weighted by atomic mass is 9.94. The summed E-state index contributed by atoms with van der Waals surface area (Å²) in [6.45, 7) is 5.45. The van der Waals surface area contributed by atoms with E-state index in [4.69, 9.17) is 9.47 Å². The van der Waals surface area contributed by atoms with Gasteiger partial charge in [0, 0.05) is 45.7 Å². The summed E-state index contributed by atoms with van der Waals surface area (Å²) in [5.74, 6) is 0.822. The van der Waals surface area contributed by atoms with Crippen molar-refractivity contribution in [2.45, 2.75) is 37.4 Å². The molecule has 23 heavy (non-hydrogen) atoms. The van der Waals surface area contributed by atoms with Crippen molar-refractivity contribution in [1.82, 2.24) is 4.90 Å². The predicted octanol–water partition coefficient (Wildman–Crippen LogP) is 1.35. The van der Waals surface area contributed by atoms with Crippen molar-refractivity contribution in [2.75, 3.05) is 39.5 Å². The van der Waals surface area contributed by atoms with Crippen LogP contribution in [0.4, 0.5) is 0 Å². The second-order valence-corrected chi connectivity index (χ2v) is 7.08. The largest absolute Gasteiger partial charge is 0.490 e. The number of benzene rings is 1. The molecule has 1 aromatic carbocycles. The van der Waals surface area contributed by atoms with Crippen molar-refractivity contribution < 1.29 is 19.7 Å². The molecule has 2 saturated heterocycles. The van der Waals surface area contributed by atoms with Crippen molar-refractivity contribution in [2.24, 2.45) is 0 Å². The van der Waals surface area contributed by atoms with Gasteiger partial charge in [-0.2, -0.15) is 0 Å². The van der Waals surface area contributed by atoms with Crippen molar-refractivity contribution in [3.05, 3.63) is 29.8 Å². The topological polar surface area (TPSA) is 62.2 Å². The van der Waals surface area contributed by atoms with Gasteiger partial charge in [-0.25, -0.2) is 0 Å². The van der Waals surface area contributed by atoms with Crippen LogP contribution < -0.4 is 4.74 Å². The summed E-state index contributed by atoms with van der Waals surface area (Å²) in [6, 6.07) is 7.84. The molecule has 128 valence electrons. The molecule has 1 atom stereocenters. The third kappa shape index (κ3) is 4.23. The zero-order chi connectivity index (χ0) is 16.3. The van der Waals surface area contributed by atoms with Gasteiger partial charge >= 0.3 is 0 Å². The minimum absolute atomic E-state index is 0.288. The van der Waals surface area contributed by atoms with Gasteiger partial charge in [-0.05, 0) is 25.0 Å². The molecule has 0 amide bonds. The zero-order valence-electron chi connectivity index (χ0n) is 13.8. The molecule has 3 rings (SSSR count). The van der Waals surface area contributed by atoms with Gasteiger partial charge in [0.2, 0.25) is 0 Å². The SMILES string of the molecule is Cc1ccccc1OCC1(O)CCN(CC2(O)CCOCC2)C1. The predicted molar refractivity (Wildman–Crippen MR) is 87.7 cm³/mol. The standard InChI is InChI=1S/C18H27NO4/c1-15-4-2-3-5-16(15)23-14-18(21)6-9-19(13-18)12-17(20)7-10-22-11-8-17/h2-5,20-21H,6-14H2,1H3. The fourth-order valence-electron chi connectivity index (χ4n) is 3.45. The highest BCUT2D eigenvalue weighted by Crippen LogP contribution is 2.28. The molecule has 2 N–H and O–H groups in total. The number of hydrogen-bond donors (Lipinski definition) is 2. The van der Waals surface area contributed by atoms with E-state index >= 15 is 0 Å². The third-order valence-electron chi connectivity index (χ3n) is 4.94. The molecule has 0 spiro atoms. The molecule has 5 nitrogen and oxygen atoms in total. The average Bonchev–Trinajstić information content (AvgIpc) is 2.88. The Kier molecular flexibility index (Phi) is 4.92. The van der Waals surface area contributed by atoms with Crippen LogP contribution in [-0.2, 0) is 4.74 Å². The summed E-state index contributed by atoms with van der Waals surface area (Å²) in [6.07, 6.45) is 2.01. The number of aryl methyl sites for hydroxylation is 1. The van der Waals surface area contributed by atoms with Crippen molar-refractivity contribution in [3.63, 3.8) is 0 Å². The Balaban J connectivity index is 1.52. The fourth-order valence-corrected chi connectivity index (χ4v) is 3.45. The highest BCUT2D eigenvalue weighted by Gasteiger charge is 2.41. The van der Waals surface area contributed by atoms with Crippen LogP contribution in [0.5, 0.6) is 5.75 Å². The Bertz CT molecular complexity index is 530. The Morgan fingerprint density at radius 2 is 1.87 bits per heavy atom. The molecule has 0 aliphatic carbocycles. The molecule has 0 saturated carbocycles. The van der Waals surface area contributed by atoms with E-state index < -0.39 is 11.2 Å². The minimum Gasteiger partial charge on any atom is -0.490 e. The van der Waals surface area contributed by atoms with Crippen LogP contribution in [0.15, 0.2) is 24.3 Å². The fraction of sp³-hybridized carbons (Fsp3) is 0.667. The summed E-state index contributed by atoms with van der Waals surface area (Å²) in [7, 11) is 0. The van der Waals surface area contributed by atoms with E-state index in [0.717, 1.165) is 17.9 Å². The molecule has 1 unspecified atom stereocenters. The lowest BCUT2D eigenvalue weighted by Crippen LogP contribution is -2.48. The molecule has 0 radical (unpaired) electrons. The number of rotatable bonds is 5. The summed E-state index contributed by atoms with van der Waals surface area (Å²) in [4.78, 5) is 2.15. The molecular weight excluding hydrogens is 294 g/mol. The Morgan fingerprint density at radius 3 is 2.61 bits per heavy atom. The number of likely N-dealkylation sites (tertiary alicyclic amines) is 1. The van der Waals surface area contributed by atoms with Crippen LogP contribution in [0.2, 0.25) is 0 Å². The Labute approximate surface area is 137 Å². The van der Waals surface area contributed by atoms with Gasteiger partial charge in [-0.15, -0.1) is 0 Å². The number of ether oxygens (including phenoxy) is 2. The summed E-state index contributed by atoms with van der Waals surface area (Å²) >= 11 is 0. The molecule has 2 aliphatic rings. The number of aliphatic hydroxyl groups is 2. The first-order valence-corrected chi connectivity index (χ1v) is 8.41. The summed E-state index contributed by atoms with van der Waals surface area (Å²) in [5, 5.41) is 21.4. The van der Waals surface area contributed by atoms with Gasteiger partial charge in [-0.1, -0.05) is 18.2 Å². The molecule has 2 aliphatic heterocycles. The first kappa shape index (κ1) is 16.7. The highest BCUT2D eigenvalue weighted by atomic mass is 16.5. The summed E-state index contributed by atoms with van der Waals surface area (Å²) in [5.41, 5.74) is -0.452. The number of nitrogens with zero attached hydrogens (tertiary/aromatic N) is 1. The molecule has 5 heteroatoms. The zero-order valence-corrected chi connectivity index (χ0v) is 13.8. The van der Waals surface area contributed by atoms with Gasteiger partial charge in [0.05, 0.1) is 5.60 Å². The van der Waals surface area contributed by atoms with E-state index in [1.165, 1.54) is 0 Å². The van der Waals surface area contributed by atoms with E-state index in [2.05, 4.69) is 4.90 Å². The van der Waals surface area contributed by atoms with Gasteiger partial charge in [0.25, 0.3) is 0 Å². The monoisotopic (exact) mass is 321 g/mol. The van der Waals surface area contributed by atoms with Crippen LogP contribution in [-0.4, -0.2) is 65.8 Å². The smallest absolute Gasteiger partial charge is 0.122 e. The van der Waals surface area contributed by atoms with Gasteiger partial charge in [0.1, 0.15) is 18.0 Å². The Hall–Kier alpha value is -1.14. The van der Waals surface area contributed by atoms with Gasteiger partial charge < -0.3 is 19.7 Å². The first-order valence-electron chi connectivity index (χ1n) is 8.41. The maximum atomic E-state index is 10.8. The second kappa shape index (κ2) is 6.77. The van der Waals surface area contributed by atoms with E-state index in [-0.39, 0.29) is 6.61 Å². The maximum absolute atomic E-state index is 10.8.